The predicted molar refractivity (Wildman–Crippen MR) is 77.3 cm³/mol. The summed E-state index contributed by atoms with van der Waals surface area (Å²) in [5.74, 6) is -1.22. The minimum Gasteiger partial charge on any atom is -0.480 e. The lowest BCUT2D eigenvalue weighted by Crippen LogP contribution is -2.46. The zero-order valence-electron chi connectivity index (χ0n) is 11.0. The van der Waals surface area contributed by atoms with Gasteiger partial charge in [0.2, 0.25) is 5.91 Å². The van der Waals surface area contributed by atoms with Crippen LogP contribution < -0.4 is 5.32 Å². The van der Waals surface area contributed by atoms with E-state index in [2.05, 4.69) is 21.2 Å². The summed E-state index contributed by atoms with van der Waals surface area (Å²) in [4.78, 5) is 22.7. The molecule has 2 N–H and O–H groups in total. The molecule has 0 aromatic heterocycles. The number of benzene rings is 1. The van der Waals surface area contributed by atoms with Gasteiger partial charge in [0.05, 0.1) is 4.83 Å². The molecule has 1 amide bonds. The second-order valence-corrected chi connectivity index (χ2v) is 5.72. The first kappa shape index (κ1) is 15.7. The zero-order valence-corrected chi connectivity index (χ0v) is 12.6. The van der Waals surface area contributed by atoms with Crippen LogP contribution in [0.15, 0.2) is 30.3 Å². The molecule has 19 heavy (non-hydrogen) atoms. The van der Waals surface area contributed by atoms with E-state index in [4.69, 9.17) is 0 Å². The number of hydrogen-bond donors (Lipinski definition) is 2. The lowest BCUT2D eigenvalue weighted by Gasteiger charge is -2.19. The number of rotatable bonds is 6. The van der Waals surface area contributed by atoms with Crippen molar-refractivity contribution in [3.05, 3.63) is 35.9 Å². The molecule has 4 nitrogen and oxygen atoms in total. The average molecular weight is 328 g/mol. The Morgan fingerprint density at radius 2 is 1.84 bits per heavy atom. The maximum Gasteiger partial charge on any atom is 0.326 e. The van der Waals surface area contributed by atoms with E-state index >= 15 is 0 Å². The number of alkyl halides is 1. The van der Waals surface area contributed by atoms with Crippen LogP contribution in [0.4, 0.5) is 0 Å². The largest absolute Gasteiger partial charge is 0.480 e. The van der Waals surface area contributed by atoms with Gasteiger partial charge in [-0.3, -0.25) is 4.79 Å². The number of aliphatic carboxylic acids is 1. The van der Waals surface area contributed by atoms with E-state index in [-0.39, 0.29) is 23.1 Å². The highest BCUT2D eigenvalue weighted by Crippen LogP contribution is 2.12. The van der Waals surface area contributed by atoms with Crippen LogP contribution in [-0.4, -0.2) is 27.9 Å². The Bertz CT molecular complexity index is 434. The van der Waals surface area contributed by atoms with Gasteiger partial charge in [0.25, 0.3) is 0 Å². The number of halogens is 1. The van der Waals surface area contributed by atoms with Crippen LogP contribution in [-0.2, 0) is 16.0 Å². The molecule has 0 spiro atoms. The van der Waals surface area contributed by atoms with Crippen molar-refractivity contribution in [3.8, 4) is 0 Å². The number of nitrogens with one attached hydrogen (secondary N) is 1. The Balaban J connectivity index is 2.69. The molecule has 0 fully saturated rings. The van der Waals surface area contributed by atoms with Gasteiger partial charge in [-0.2, -0.15) is 0 Å². The normalized spacial score (nSPS) is 13.9. The SMILES string of the molecule is CC(C)[C@@H](Br)C(=O)N[C@H](Cc1ccccc1)C(=O)O. The second kappa shape index (κ2) is 7.28. The second-order valence-electron chi connectivity index (χ2n) is 4.73. The van der Waals surface area contributed by atoms with Gasteiger partial charge < -0.3 is 10.4 Å². The standard InChI is InChI=1S/C14H18BrNO3/c1-9(2)12(15)13(17)16-11(14(18)19)8-10-6-4-3-5-7-10/h3-7,9,11-12H,8H2,1-2H3,(H,16,17)(H,18,19)/t11-,12-/m1/s1. The molecule has 0 saturated carbocycles. The first-order valence-electron chi connectivity index (χ1n) is 6.13. The molecule has 0 bridgehead atoms. The van der Waals surface area contributed by atoms with Gasteiger partial charge in [-0.25, -0.2) is 4.79 Å². The van der Waals surface area contributed by atoms with Crippen LogP contribution in [0, 0.1) is 5.92 Å². The van der Waals surface area contributed by atoms with E-state index < -0.39 is 12.0 Å². The Kier molecular flexibility index (Phi) is 6.02. The van der Waals surface area contributed by atoms with Crippen molar-refractivity contribution in [2.75, 3.05) is 0 Å². The third kappa shape index (κ3) is 5.03. The number of carboxylic acid groups (broad SMARTS) is 1. The van der Waals surface area contributed by atoms with Crippen molar-refractivity contribution in [1.29, 1.82) is 0 Å². The summed E-state index contributed by atoms with van der Waals surface area (Å²) >= 11 is 3.27. The topological polar surface area (TPSA) is 66.4 Å². The first-order chi connectivity index (χ1) is 8.91. The molecule has 5 heteroatoms. The Morgan fingerprint density at radius 1 is 1.26 bits per heavy atom. The number of carboxylic acids is 1. The predicted octanol–water partition coefficient (Wildman–Crippen LogP) is 2.22. The van der Waals surface area contributed by atoms with E-state index in [1.165, 1.54) is 0 Å². The van der Waals surface area contributed by atoms with Gasteiger partial charge in [0.1, 0.15) is 6.04 Å². The number of amides is 1. The monoisotopic (exact) mass is 327 g/mol. The van der Waals surface area contributed by atoms with Crippen molar-refractivity contribution < 1.29 is 14.7 Å². The van der Waals surface area contributed by atoms with Crippen LogP contribution in [0.3, 0.4) is 0 Å². The molecule has 0 aliphatic rings. The van der Waals surface area contributed by atoms with Gasteiger partial charge in [-0.15, -0.1) is 0 Å². The fraction of sp³-hybridized carbons (Fsp3) is 0.429. The van der Waals surface area contributed by atoms with E-state index in [1.807, 2.05) is 44.2 Å². The molecule has 104 valence electrons. The smallest absolute Gasteiger partial charge is 0.326 e. The highest BCUT2D eigenvalue weighted by molar-refractivity contribution is 9.10. The van der Waals surface area contributed by atoms with Crippen LogP contribution in [0.25, 0.3) is 0 Å². The van der Waals surface area contributed by atoms with Crippen LogP contribution in [0.2, 0.25) is 0 Å². The molecule has 0 radical (unpaired) electrons. The molecule has 1 aromatic carbocycles. The molecule has 2 atom stereocenters. The molecule has 0 aliphatic carbocycles. The fourth-order valence-corrected chi connectivity index (χ4v) is 1.74. The van der Waals surface area contributed by atoms with Gasteiger partial charge >= 0.3 is 5.97 Å². The van der Waals surface area contributed by atoms with Gasteiger partial charge in [0, 0.05) is 6.42 Å². The maximum absolute atomic E-state index is 11.9. The summed E-state index contributed by atoms with van der Waals surface area (Å²) in [5, 5.41) is 11.7. The third-order valence-electron chi connectivity index (χ3n) is 2.73. The first-order valence-corrected chi connectivity index (χ1v) is 7.04. The molecule has 1 rings (SSSR count). The molecule has 0 unspecified atom stereocenters. The summed E-state index contributed by atoms with van der Waals surface area (Å²) in [6, 6.07) is 8.33. The maximum atomic E-state index is 11.9. The molecule has 0 heterocycles. The summed E-state index contributed by atoms with van der Waals surface area (Å²) in [5.41, 5.74) is 0.880. The average Bonchev–Trinajstić information content (AvgIpc) is 2.37. The molecule has 0 aliphatic heterocycles. The van der Waals surface area contributed by atoms with E-state index in [1.54, 1.807) is 0 Å². The number of carbonyl (C=O) groups is 2. The van der Waals surface area contributed by atoms with Crippen molar-refractivity contribution in [2.24, 2.45) is 5.92 Å². The minimum absolute atomic E-state index is 0.103. The van der Waals surface area contributed by atoms with E-state index in [0.29, 0.717) is 0 Å². The molecule has 1 aromatic rings. The quantitative estimate of drug-likeness (QED) is 0.787. The Hall–Kier alpha value is -1.36. The Labute approximate surface area is 121 Å². The van der Waals surface area contributed by atoms with Gasteiger partial charge in [-0.05, 0) is 11.5 Å². The lowest BCUT2D eigenvalue weighted by atomic mass is 10.0. The van der Waals surface area contributed by atoms with Crippen LogP contribution in [0.5, 0.6) is 0 Å². The summed E-state index contributed by atoms with van der Waals surface area (Å²) in [7, 11) is 0. The minimum atomic E-state index is -1.03. The summed E-state index contributed by atoms with van der Waals surface area (Å²) in [6.07, 6.45) is 0.278. The Morgan fingerprint density at radius 3 is 2.32 bits per heavy atom. The fourth-order valence-electron chi connectivity index (χ4n) is 1.60. The highest BCUT2D eigenvalue weighted by Gasteiger charge is 2.25. The highest BCUT2D eigenvalue weighted by atomic mass is 79.9. The van der Waals surface area contributed by atoms with Crippen molar-refractivity contribution in [3.63, 3.8) is 0 Å². The number of hydrogen-bond acceptors (Lipinski definition) is 2. The van der Waals surface area contributed by atoms with Crippen molar-refractivity contribution >= 4 is 27.8 Å². The zero-order chi connectivity index (χ0) is 14.4. The summed E-state index contributed by atoms with van der Waals surface area (Å²) < 4.78 is 0. The van der Waals surface area contributed by atoms with Gasteiger partial charge in [-0.1, -0.05) is 60.1 Å². The van der Waals surface area contributed by atoms with Crippen molar-refractivity contribution in [1.82, 2.24) is 5.32 Å². The van der Waals surface area contributed by atoms with Crippen LogP contribution in [0.1, 0.15) is 19.4 Å². The van der Waals surface area contributed by atoms with Crippen molar-refractivity contribution in [2.45, 2.75) is 31.1 Å². The van der Waals surface area contributed by atoms with Crippen LogP contribution >= 0.6 is 15.9 Å². The number of carbonyl (C=O) groups excluding carboxylic acids is 1. The molecule has 0 saturated heterocycles. The van der Waals surface area contributed by atoms with E-state index in [9.17, 15) is 14.7 Å². The lowest BCUT2D eigenvalue weighted by molar-refractivity contribution is -0.141. The molecular weight excluding hydrogens is 310 g/mol. The molecular formula is C14H18BrNO3. The van der Waals surface area contributed by atoms with Gasteiger partial charge in [0.15, 0.2) is 0 Å². The summed E-state index contributed by atoms with van der Waals surface area (Å²) in [6.45, 7) is 3.79. The van der Waals surface area contributed by atoms with E-state index in [0.717, 1.165) is 5.56 Å². The third-order valence-corrected chi connectivity index (χ3v) is 4.21.